The Kier molecular flexibility index (Phi) is 5.89. The van der Waals surface area contributed by atoms with E-state index in [4.69, 9.17) is 4.98 Å². The SMILES string of the molecule is Cc1nn(C)c2nc(C3CC3)cc(C(=O)N3CCN(CC(=O)N4CC(C)CC(C)C4)CC3)c12. The predicted molar refractivity (Wildman–Crippen MR) is 127 cm³/mol. The minimum Gasteiger partial charge on any atom is -0.341 e. The Morgan fingerprint density at radius 2 is 1.70 bits per heavy atom. The van der Waals surface area contributed by atoms with Gasteiger partial charge >= 0.3 is 0 Å². The zero-order valence-corrected chi connectivity index (χ0v) is 20.4. The van der Waals surface area contributed by atoms with Crippen LogP contribution in [0.1, 0.15) is 60.8 Å². The quantitative estimate of drug-likeness (QED) is 0.712. The van der Waals surface area contributed by atoms with Crippen molar-refractivity contribution in [3.63, 3.8) is 0 Å². The van der Waals surface area contributed by atoms with Gasteiger partial charge in [-0.15, -0.1) is 0 Å². The van der Waals surface area contributed by atoms with Gasteiger partial charge in [-0.1, -0.05) is 13.8 Å². The van der Waals surface area contributed by atoms with Crippen molar-refractivity contribution in [2.45, 2.75) is 46.0 Å². The lowest BCUT2D eigenvalue weighted by Gasteiger charge is -2.38. The van der Waals surface area contributed by atoms with E-state index in [1.807, 2.05) is 29.8 Å². The van der Waals surface area contributed by atoms with Crippen LogP contribution in [0.3, 0.4) is 0 Å². The predicted octanol–water partition coefficient (Wildman–Crippen LogP) is 2.42. The standard InChI is InChI=1S/C25H36N6O2/c1-16-11-17(2)14-31(13-16)22(32)15-29-7-9-30(10-8-29)25(33)20-12-21(19-5-6-19)26-24-23(20)18(3)27-28(24)4/h12,16-17,19H,5-11,13-15H2,1-4H3. The number of piperidine rings is 1. The third-order valence-electron chi connectivity index (χ3n) is 7.45. The van der Waals surface area contributed by atoms with Gasteiger partial charge < -0.3 is 9.80 Å². The van der Waals surface area contributed by atoms with Crippen molar-refractivity contribution in [1.29, 1.82) is 0 Å². The molecule has 3 aliphatic rings. The second kappa shape index (κ2) is 8.70. The Labute approximate surface area is 195 Å². The number of aryl methyl sites for hydroxylation is 2. The van der Waals surface area contributed by atoms with Crippen molar-refractivity contribution in [2.24, 2.45) is 18.9 Å². The third-order valence-corrected chi connectivity index (χ3v) is 7.45. The summed E-state index contributed by atoms with van der Waals surface area (Å²) in [6.07, 6.45) is 3.49. The fourth-order valence-corrected chi connectivity index (χ4v) is 5.66. The molecular weight excluding hydrogens is 416 g/mol. The van der Waals surface area contributed by atoms with Crippen molar-refractivity contribution < 1.29 is 9.59 Å². The summed E-state index contributed by atoms with van der Waals surface area (Å²) >= 11 is 0. The maximum Gasteiger partial charge on any atom is 0.254 e. The first-order valence-corrected chi connectivity index (χ1v) is 12.4. The monoisotopic (exact) mass is 452 g/mol. The first-order valence-electron chi connectivity index (χ1n) is 12.4. The van der Waals surface area contributed by atoms with Crippen molar-refractivity contribution in [2.75, 3.05) is 45.8 Å². The maximum atomic E-state index is 13.6. The fraction of sp³-hybridized carbons (Fsp3) is 0.680. The van der Waals surface area contributed by atoms with E-state index in [0.29, 0.717) is 37.4 Å². The van der Waals surface area contributed by atoms with Gasteiger partial charge in [0, 0.05) is 57.9 Å². The summed E-state index contributed by atoms with van der Waals surface area (Å²) in [5.41, 5.74) is 3.39. The van der Waals surface area contributed by atoms with Crippen molar-refractivity contribution >= 4 is 22.8 Å². The fourth-order valence-electron chi connectivity index (χ4n) is 5.66. The Morgan fingerprint density at radius 3 is 2.33 bits per heavy atom. The molecule has 8 heteroatoms. The number of hydrogen-bond donors (Lipinski definition) is 0. The summed E-state index contributed by atoms with van der Waals surface area (Å²) in [5, 5.41) is 5.40. The first kappa shape index (κ1) is 22.3. The molecular formula is C25H36N6O2. The van der Waals surface area contributed by atoms with E-state index in [2.05, 4.69) is 23.8 Å². The van der Waals surface area contributed by atoms with E-state index < -0.39 is 0 Å². The topological polar surface area (TPSA) is 74.6 Å². The van der Waals surface area contributed by atoms with Crippen LogP contribution < -0.4 is 0 Å². The van der Waals surface area contributed by atoms with Gasteiger partial charge in [-0.2, -0.15) is 5.10 Å². The molecule has 0 bridgehead atoms. The normalized spacial score (nSPS) is 24.5. The molecule has 0 spiro atoms. The number of carbonyl (C=O) groups excluding carboxylic acids is 2. The van der Waals surface area contributed by atoms with E-state index in [1.165, 1.54) is 6.42 Å². The lowest BCUT2D eigenvalue weighted by molar-refractivity contribution is -0.135. The number of carbonyl (C=O) groups is 2. The molecule has 4 heterocycles. The Morgan fingerprint density at radius 1 is 1.03 bits per heavy atom. The second-order valence-corrected chi connectivity index (χ2v) is 10.6. The Bertz CT molecular complexity index is 1060. The average Bonchev–Trinajstić information content (AvgIpc) is 3.59. The van der Waals surface area contributed by atoms with Gasteiger partial charge in [-0.25, -0.2) is 4.98 Å². The summed E-state index contributed by atoms with van der Waals surface area (Å²) in [6, 6.07) is 2.01. The van der Waals surface area contributed by atoms with Crippen molar-refractivity contribution in [1.82, 2.24) is 29.5 Å². The minimum atomic E-state index is 0.0602. The number of rotatable bonds is 4. The van der Waals surface area contributed by atoms with E-state index in [-0.39, 0.29) is 11.8 Å². The minimum absolute atomic E-state index is 0.0602. The van der Waals surface area contributed by atoms with Crippen LogP contribution in [0.25, 0.3) is 11.0 Å². The average molecular weight is 453 g/mol. The molecule has 0 radical (unpaired) electrons. The molecule has 2 atom stereocenters. The molecule has 2 aliphatic heterocycles. The zero-order chi connectivity index (χ0) is 23.3. The first-order chi connectivity index (χ1) is 15.8. The van der Waals surface area contributed by atoms with Crippen LogP contribution in [0.4, 0.5) is 0 Å². The second-order valence-electron chi connectivity index (χ2n) is 10.6. The molecule has 2 saturated heterocycles. The van der Waals surface area contributed by atoms with Gasteiger partial charge in [0.05, 0.1) is 23.2 Å². The van der Waals surface area contributed by atoms with E-state index in [9.17, 15) is 9.59 Å². The van der Waals surface area contributed by atoms with Crippen molar-refractivity contribution in [3.8, 4) is 0 Å². The third kappa shape index (κ3) is 4.50. The number of pyridine rings is 1. The number of nitrogens with zero attached hydrogens (tertiary/aromatic N) is 6. The van der Waals surface area contributed by atoms with E-state index >= 15 is 0 Å². The van der Waals surface area contributed by atoms with Gasteiger partial charge in [0.1, 0.15) is 0 Å². The van der Waals surface area contributed by atoms with Gasteiger partial charge in [-0.05, 0) is 44.1 Å². The largest absolute Gasteiger partial charge is 0.341 e. The van der Waals surface area contributed by atoms with Crippen LogP contribution in [-0.4, -0.2) is 87.1 Å². The smallest absolute Gasteiger partial charge is 0.254 e. The summed E-state index contributed by atoms with van der Waals surface area (Å²) in [7, 11) is 1.90. The summed E-state index contributed by atoms with van der Waals surface area (Å²) in [6.45, 7) is 11.3. The maximum absolute atomic E-state index is 13.6. The van der Waals surface area contributed by atoms with Crippen molar-refractivity contribution in [3.05, 3.63) is 23.0 Å². The van der Waals surface area contributed by atoms with Gasteiger partial charge in [0.25, 0.3) is 5.91 Å². The number of aromatic nitrogens is 3. The highest BCUT2D eigenvalue weighted by molar-refractivity contribution is 6.06. The Balaban J connectivity index is 1.26. The van der Waals surface area contributed by atoms with Gasteiger partial charge in [0.15, 0.2) is 5.65 Å². The number of amides is 2. The van der Waals surface area contributed by atoms with Crippen LogP contribution in [0.5, 0.6) is 0 Å². The summed E-state index contributed by atoms with van der Waals surface area (Å²) in [5.74, 6) is 1.90. The highest BCUT2D eigenvalue weighted by Gasteiger charge is 2.32. The molecule has 5 rings (SSSR count). The molecule has 2 unspecified atom stereocenters. The van der Waals surface area contributed by atoms with E-state index in [0.717, 1.165) is 67.0 Å². The summed E-state index contributed by atoms with van der Waals surface area (Å²) < 4.78 is 1.79. The molecule has 2 amide bonds. The highest BCUT2D eigenvalue weighted by Crippen LogP contribution is 2.40. The molecule has 8 nitrogen and oxygen atoms in total. The molecule has 3 fully saturated rings. The lowest BCUT2D eigenvalue weighted by Crippen LogP contribution is -2.53. The molecule has 33 heavy (non-hydrogen) atoms. The van der Waals surface area contributed by atoms with Crippen LogP contribution in [0.15, 0.2) is 6.07 Å². The van der Waals surface area contributed by atoms with Crippen LogP contribution >= 0.6 is 0 Å². The highest BCUT2D eigenvalue weighted by atomic mass is 16.2. The number of piperazine rings is 1. The summed E-state index contributed by atoms with van der Waals surface area (Å²) in [4.78, 5) is 37.5. The Hall–Kier alpha value is -2.48. The van der Waals surface area contributed by atoms with Crippen LogP contribution in [0, 0.1) is 18.8 Å². The zero-order valence-electron chi connectivity index (χ0n) is 20.4. The van der Waals surface area contributed by atoms with E-state index in [1.54, 1.807) is 4.68 Å². The van der Waals surface area contributed by atoms with Gasteiger partial charge in [-0.3, -0.25) is 19.2 Å². The molecule has 1 saturated carbocycles. The molecule has 1 aliphatic carbocycles. The molecule has 0 N–H and O–H groups in total. The number of likely N-dealkylation sites (tertiary alicyclic amines) is 1. The number of hydrogen-bond acceptors (Lipinski definition) is 5. The van der Waals surface area contributed by atoms with Crippen LogP contribution in [0.2, 0.25) is 0 Å². The lowest BCUT2D eigenvalue weighted by atomic mass is 9.92. The molecule has 2 aromatic rings. The van der Waals surface area contributed by atoms with Gasteiger partial charge in [0.2, 0.25) is 5.91 Å². The molecule has 2 aromatic heterocycles. The molecule has 0 aromatic carbocycles. The molecule has 178 valence electrons. The van der Waals surface area contributed by atoms with Crippen LogP contribution in [-0.2, 0) is 11.8 Å². The number of fused-ring (bicyclic) bond motifs is 1.